The van der Waals surface area contributed by atoms with Crippen molar-refractivity contribution in [1.29, 1.82) is 0 Å². The van der Waals surface area contributed by atoms with Crippen LogP contribution in [0.25, 0.3) is 0 Å². The number of nitrogens with zero attached hydrogens (tertiary/aromatic N) is 5. The molecule has 2 amide bonds. The molecule has 2 saturated carbocycles. The minimum absolute atomic E-state index is 0.0576. The van der Waals surface area contributed by atoms with Crippen LogP contribution in [0.3, 0.4) is 0 Å². The molecule has 9 nitrogen and oxygen atoms in total. The van der Waals surface area contributed by atoms with E-state index in [-0.39, 0.29) is 58.5 Å². The highest BCUT2D eigenvalue weighted by Gasteiger charge is 2.54. The zero-order chi connectivity index (χ0) is 33.0. The number of amides is 2. The number of benzene rings is 1. The van der Waals surface area contributed by atoms with Crippen LogP contribution in [0.1, 0.15) is 83.0 Å². The quantitative estimate of drug-likeness (QED) is 0.378. The van der Waals surface area contributed by atoms with Crippen LogP contribution in [0.15, 0.2) is 30.7 Å². The van der Waals surface area contributed by atoms with E-state index < -0.39 is 18.0 Å². The number of rotatable bonds is 9. The Morgan fingerprint density at radius 3 is 2.45 bits per heavy atom. The van der Waals surface area contributed by atoms with Crippen LogP contribution in [-0.2, 0) is 4.79 Å². The number of hydrogen-bond acceptors (Lipinski definition) is 7. The van der Waals surface area contributed by atoms with Crippen LogP contribution in [-0.4, -0.2) is 88.1 Å². The summed E-state index contributed by atoms with van der Waals surface area (Å²) >= 11 is 0. The lowest BCUT2D eigenvalue weighted by Gasteiger charge is -2.55. The van der Waals surface area contributed by atoms with Crippen LogP contribution in [0.2, 0.25) is 0 Å². The Kier molecular flexibility index (Phi) is 8.64. The lowest BCUT2D eigenvalue weighted by atomic mass is 9.66. The summed E-state index contributed by atoms with van der Waals surface area (Å²) in [6, 6.07) is 3.56. The first kappa shape index (κ1) is 32.2. The molecule has 47 heavy (non-hydrogen) atoms. The van der Waals surface area contributed by atoms with Crippen molar-refractivity contribution >= 4 is 17.6 Å². The fraction of sp³-hybridized carbons (Fsp3) is 0.667. The number of alkyl halides is 1. The number of fused-ring (bicyclic) bond motifs is 3. The van der Waals surface area contributed by atoms with Crippen molar-refractivity contribution in [3.8, 4) is 11.5 Å². The molecule has 2 aromatic rings. The molecule has 0 radical (unpaired) electrons. The molecule has 6 fully saturated rings. The Bertz CT molecular complexity index is 1470. The molecule has 11 heteroatoms. The van der Waals surface area contributed by atoms with Gasteiger partial charge in [-0.05, 0) is 83.9 Å². The highest BCUT2D eigenvalue weighted by atomic mass is 19.1. The Hall–Kier alpha value is -3.34. The average molecular weight is 651 g/mol. The lowest BCUT2D eigenvalue weighted by Crippen LogP contribution is -2.68. The standard InChI is InChI=1S/C36H48F2N6O3/c1-21(2)44(22(3)4)34(45)27-16-24(37)7-10-29(27)47-30-17-39-20-40-33(30)43-18-36(19-43)11-13-42(14-12-36)35(46)32-25-8-9-28(41-32)26(31(25)38)15-23-5-6-23/h7,10,16-17,20-23,25-26,28,31-32,41H,5-6,8-9,11-15,18-19H2,1-4H3/t25-,26+,28+,31+,32+/m1/s1. The summed E-state index contributed by atoms with van der Waals surface area (Å²) in [6.07, 6.45) is 9.13. The largest absolute Gasteiger partial charge is 0.451 e. The first-order valence-electron chi connectivity index (χ1n) is 17.6. The smallest absolute Gasteiger partial charge is 0.258 e. The van der Waals surface area contributed by atoms with E-state index in [1.807, 2.05) is 32.6 Å². The van der Waals surface area contributed by atoms with Gasteiger partial charge in [0.1, 0.15) is 24.1 Å². The van der Waals surface area contributed by atoms with E-state index in [4.69, 9.17) is 4.74 Å². The van der Waals surface area contributed by atoms with Gasteiger partial charge in [-0.2, -0.15) is 0 Å². The molecular weight excluding hydrogens is 602 g/mol. The van der Waals surface area contributed by atoms with Crippen molar-refractivity contribution in [2.45, 2.75) is 103 Å². The molecule has 1 aromatic carbocycles. The Balaban J connectivity index is 0.984. The van der Waals surface area contributed by atoms with Gasteiger partial charge in [-0.1, -0.05) is 12.8 Å². The molecule has 4 saturated heterocycles. The minimum atomic E-state index is -0.876. The maximum atomic E-state index is 15.6. The third kappa shape index (κ3) is 6.20. The fourth-order valence-corrected chi connectivity index (χ4v) is 8.81. The molecule has 4 aliphatic heterocycles. The first-order valence-corrected chi connectivity index (χ1v) is 17.6. The molecule has 2 aliphatic carbocycles. The van der Waals surface area contributed by atoms with E-state index >= 15 is 4.39 Å². The zero-order valence-corrected chi connectivity index (χ0v) is 28.0. The van der Waals surface area contributed by atoms with Crippen LogP contribution in [0.5, 0.6) is 11.5 Å². The highest BCUT2D eigenvalue weighted by molar-refractivity contribution is 5.97. The Morgan fingerprint density at radius 1 is 1.06 bits per heavy atom. The number of likely N-dealkylation sites (tertiary alicyclic amines) is 1. The molecule has 8 rings (SSSR count). The summed E-state index contributed by atoms with van der Waals surface area (Å²) in [6.45, 7) is 10.6. The van der Waals surface area contributed by atoms with E-state index in [9.17, 15) is 14.0 Å². The van der Waals surface area contributed by atoms with Crippen LogP contribution in [0.4, 0.5) is 14.6 Å². The molecule has 1 spiro atoms. The van der Waals surface area contributed by atoms with Crippen molar-refractivity contribution < 1.29 is 23.1 Å². The number of aromatic nitrogens is 2. The molecule has 5 heterocycles. The van der Waals surface area contributed by atoms with Crippen LogP contribution in [0, 0.1) is 29.0 Å². The van der Waals surface area contributed by atoms with Gasteiger partial charge in [0.25, 0.3) is 5.91 Å². The number of halogens is 2. The molecule has 5 atom stereocenters. The summed E-state index contributed by atoms with van der Waals surface area (Å²) in [5, 5.41) is 3.59. The van der Waals surface area contributed by atoms with E-state index in [1.54, 1.807) is 11.1 Å². The van der Waals surface area contributed by atoms with E-state index in [2.05, 4.69) is 20.2 Å². The predicted octanol–water partition coefficient (Wildman–Crippen LogP) is 5.60. The summed E-state index contributed by atoms with van der Waals surface area (Å²) in [5.74, 6) is 1.07. The summed E-state index contributed by atoms with van der Waals surface area (Å²) < 4.78 is 36.2. The van der Waals surface area contributed by atoms with Crippen molar-refractivity contribution in [2.24, 2.45) is 23.2 Å². The second-order valence-corrected chi connectivity index (χ2v) is 15.3. The number of carbonyl (C=O) groups is 2. The van der Waals surface area contributed by atoms with Gasteiger partial charge in [-0.3, -0.25) is 9.59 Å². The second-order valence-electron chi connectivity index (χ2n) is 15.3. The van der Waals surface area contributed by atoms with Crippen molar-refractivity contribution in [3.63, 3.8) is 0 Å². The summed E-state index contributed by atoms with van der Waals surface area (Å²) in [4.78, 5) is 41.7. The number of ether oxygens (including phenoxy) is 1. The van der Waals surface area contributed by atoms with Crippen LogP contribution >= 0.6 is 0 Å². The molecule has 254 valence electrons. The number of hydrogen-bond donors (Lipinski definition) is 1. The maximum Gasteiger partial charge on any atom is 0.258 e. The molecule has 1 aromatic heterocycles. The number of anilines is 1. The third-order valence-electron chi connectivity index (χ3n) is 11.4. The van der Waals surface area contributed by atoms with E-state index in [0.717, 1.165) is 45.2 Å². The fourth-order valence-electron chi connectivity index (χ4n) is 8.81. The van der Waals surface area contributed by atoms with Crippen LogP contribution < -0.4 is 15.0 Å². The van der Waals surface area contributed by atoms with Gasteiger partial charge in [0.15, 0.2) is 11.6 Å². The lowest BCUT2D eigenvalue weighted by molar-refractivity contribution is -0.143. The summed E-state index contributed by atoms with van der Waals surface area (Å²) in [7, 11) is 0. The van der Waals surface area contributed by atoms with Gasteiger partial charge in [0.2, 0.25) is 5.91 Å². The Morgan fingerprint density at radius 2 is 1.79 bits per heavy atom. The van der Waals surface area contributed by atoms with Gasteiger partial charge >= 0.3 is 0 Å². The average Bonchev–Trinajstić information content (AvgIpc) is 3.86. The molecule has 2 bridgehead atoms. The first-order chi connectivity index (χ1) is 22.5. The van der Waals surface area contributed by atoms with Crippen molar-refractivity contribution in [2.75, 3.05) is 31.1 Å². The van der Waals surface area contributed by atoms with Crippen molar-refractivity contribution in [1.82, 2.24) is 25.1 Å². The van der Waals surface area contributed by atoms with E-state index in [0.29, 0.717) is 30.6 Å². The number of nitrogens with one attached hydrogen (secondary N) is 1. The number of piperidine rings is 3. The Labute approximate surface area is 276 Å². The van der Waals surface area contributed by atoms with Gasteiger partial charge in [0.05, 0.1) is 17.8 Å². The summed E-state index contributed by atoms with van der Waals surface area (Å²) in [5.41, 5.74) is 0.208. The molecule has 6 aliphatic rings. The molecule has 1 N–H and O–H groups in total. The monoisotopic (exact) mass is 650 g/mol. The van der Waals surface area contributed by atoms with Gasteiger partial charge in [0, 0.05) is 61.6 Å². The van der Waals surface area contributed by atoms with Gasteiger partial charge in [-0.25, -0.2) is 18.7 Å². The zero-order valence-electron chi connectivity index (χ0n) is 28.0. The normalized spacial score (nSPS) is 28.1. The topological polar surface area (TPSA) is 90.9 Å². The maximum absolute atomic E-state index is 15.6. The van der Waals surface area contributed by atoms with Gasteiger partial charge in [-0.15, -0.1) is 0 Å². The third-order valence-corrected chi connectivity index (χ3v) is 11.4. The highest BCUT2D eigenvalue weighted by Crippen LogP contribution is 2.48. The van der Waals surface area contributed by atoms with Gasteiger partial charge < -0.3 is 24.8 Å². The predicted molar refractivity (Wildman–Crippen MR) is 175 cm³/mol. The van der Waals surface area contributed by atoms with E-state index in [1.165, 1.54) is 37.4 Å². The minimum Gasteiger partial charge on any atom is -0.451 e. The number of carbonyl (C=O) groups excluding carboxylic acids is 2. The SMILES string of the molecule is CC(C)N(C(=O)c1cc(F)ccc1Oc1cncnc1N1CC2(CCN(C(=O)[C@H]3N[C@H]4CC[C@@H]3[C@H](F)[C@H]4CC3CC3)CC2)C1)C(C)C. The molecule has 0 unspecified atom stereocenters. The second kappa shape index (κ2) is 12.6. The van der Waals surface area contributed by atoms with Crippen molar-refractivity contribution in [3.05, 3.63) is 42.1 Å². The molecular formula is C36H48F2N6O3.